The van der Waals surface area contributed by atoms with Gasteiger partial charge in [-0.15, -0.1) is 11.6 Å². The van der Waals surface area contributed by atoms with Gasteiger partial charge < -0.3 is 0 Å². The average Bonchev–Trinajstić information content (AvgIpc) is 2.27. The number of hydrogen-bond donors (Lipinski definition) is 0. The van der Waals surface area contributed by atoms with Crippen LogP contribution in [0.4, 0.5) is 0 Å². The van der Waals surface area contributed by atoms with E-state index in [1.54, 1.807) is 0 Å². The first-order valence-corrected chi connectivity index (χ1v) is 6.85. The third-order valence-electron chi connectivity index (χ3n) is 4.07. The van der Waals surface area contributed by atoms with Gasteiger partial charge in [-0.2, -0.15) is 0 Å². The van der Waals surface area contributed by atoms with E-state index in [9.17, 15) is 0 Å². The van der Waals surface area contributed by atoms with Crippen molar-refractivity contribution in [3.05, 3.63) is 0 Å². The van der Waals surface area contributed by atoms with Crippen molar-refractivity contribution in [2.45, 2.75) is 65.2 Å². The fraction of sp³-hybridized carbons (Fsp3) is 1.00. The average molecular weight is 217 g/mol. The standard InChI is InChI=1S/C13H25Cl/c1-3-12(4-2)10-13(11-14)8-6-5-7-9-13/h12H,3-11H2,1-2H3. The molecule has 0 bridgehead atoms. The van der Waals surface area contributed by atoms with Crippen LogP contribution in [0.5, 0.6) is 0 Å². The van der Waals surface area contributed by atoms with Crippen molar-refractivity contribution < 1.29 is 0 Å². The Hall–Kier alpha value is 0.290. The van der Waals surface area contributed by atoms with Crippen LogP contribution >= 0.6 is 11.6 Å². The molecule has 0 saturated heterocycles. The van der Waals surface area contributed by atoms with Crippen LogP contribution < -0.4 is 0 Å². The molecule has 0 N–H and O–H groups in total. The second kappa shape index (κ2) is 6.00. The summed E-state index contributed by atoms with van der Waals surface area (Å²) in [5.74, 6) is 1.80. The zero-order chi connectivity index (χ0) is 10.4. The van der Waals surface area contributed by atoms with Gasteiger partial charge in [-0.25, -0.2) is 0 Å². The van der Waals surface area contributed by atoms with Crippen LogP contribution in [0.2, 0.25) is 0 Å². The summed E-state index contributed by atoms with van der Waals surface area (Å²) in [6.07, 6.45) is 11.1. The Bertz CT molecular complexity index is 143. The maximum absolute atomic E-state index is 6.20. The Morgan fingerprint density at radius 2 is 1.64 bits per heavy atom. The highest BCUT2D eigenvalue weighted by Crippen LogP contribution is 2.43. The summed E-state index contributed by atoms with van der Waals surface area (Å²) in [6.45, 7) is 4.64. The Labute approximate surface area is 94.4 Å². The number of alkyl halides is 1. The summed E-state index contributed by atoms with van der Waals surface area (Å²) >= 11 is 6.20. The quantitative estimate of drug-likeness (QED) is 0.568. The summed E-state index contributed by atoms with van der Waals surface area (Å²) < 4.78 is 0. The van der Waals surface area contributed by atoms with E-state index in [2.05, 4.69) is 13.8 Å². The molecule has 0 aromatic rings. The SMILES string of the molecule is CCC(CC)CC1(CCl)CCCCC1. The Balaban J connectivity index is 2.50. The van der Waals surface area contributed by atoms with Crippen LogP contribution in [-0.2, 0) is 0 Å². The van der Waals surface area contributed by atoms with Crippen molar-refractivity contribution in [3.8, 4) is 0 Å². The largest absolute Gasteiger partial charge is 0.126 e. The van der Waals surface area contributed by atoms with Crippen molar-refractivity contribution in [1.82, 2.24) is 0 Å². The van der Waals surface area contributed by atoms with Crippen LogP contribution in [0, 0.1) is 11.3 Å². The van der Waals surface area contributed by atoms with E-state index in [-0.39, 0.29) is 0 Å². The lowest BCUT2D eigenvalue weighted by Gasteiger charge is -2.38. The maximum atomic E-state index is 6.20. The van der Waals surface area contributed by atoms with Crippen molar-refractivity contribution in [2.24, 2.45) is 11.3 Å². The Morgan fingerprint density at radius 3 is 2.07 bits per heavy atom. The summed E-state index contributed by atoms with van der Waals surface area (Å²) in [5.41, 5.74) is 0.510. The first-order chi connectivity index (χ1) is 6.76. The molecule has 0 aromatic carbocycles. The minimum atomic E-state index is 0.510. The normalized spacial score (nSPS) is 21.4. The van der Waals surface area contributed by atoms with E-state index >= 15 is 0 Å². The molecule has 0 aromatic heterocycles. The van der Waals surface area contributed by atoms with Crippen LogP contribution in [0.1, 0.15) is 65.2 Å². The highest BCUT2D eigenvalue weighted by molar-refractivity contribution is 6.18. The molecule has 1 saturated carbocycles. The molecule has 1 aliphatic carbocycles. The zero-order valence-electron chi connectivity index (χ0n) is 9.82. The van der Waals surface area contributed by atoms with Crippen molar-refractivity contribution in [2.75, 3.05) is 5.88 Å². The van der Waals surface area contributed by atoms with E-state index in [1.165, 1.54) is 51.4 Å². The Kier molecular flexibility index (Phi) is 5.30. The molecule has 0 amide bonds. The molecule has 0 aliphatic heterocycles. The van der Waals surface area contributed by atoms with Gasteiger partial charge in [-0.1, -0.05) is 46.0 Å². The first-order valence-electron chi connectivity index (χ1n) is 6.32. The molecular formula is C13H25Cl. The third kappa shape index (κ3) is 3.15. The van der Waals surface area contributed by atoms with Crippen molar-refractivity contribution in [3.63, 3.8) is 0 Å². The topological polar surface area (TPSA) is 0 Å². The molecule has 1 aliphatic rings. The van der Waals surface area contributed by atoms with E-state index in [4.69, 9.17) is 11.6 Å². The summed E-state index contributed by atoms with van der Waals surface area (Å²) in [6, 6.07) is 0. The molecule has 14 heavy (non-hydrogen) atoms. The van der Waals surface area contributed by atoms with E-state index < -0.39 is 0 Å². The fourth-order valence-electron chi connectivity index (χ4n) is 2.88. The number of rotatable bonds is 5. The van der Waals surface area contributed by atoms with E-state index in [0.717, 1.165) is 11.8 Å². The van der Waals surface area contributed by atoms with Gasteiger partial charge in [-0.3, -0.25) is 0 Å². The minimum Gasteiger partial charge on any atom is -0.126 e. The molecule has 0 spiro atoms. The third-order valence-corrected chi connectivity index (χ3v) is 4.64. The lowest BCUT2D eigenvalue weighted by atomic mass is 9.69. The minimum absolute atomic E-state index is 0.510. The van der Waals surface area contributed by atoms with Crippen LogP contribution in [0.25, 0.3) is 0 Å². The molecule has 1 rings (SSSR count). The van der Waals surface area contributed by atoms with Crippen molar-refractivity contribution in [1.29, 1.82) is 0 Å². The summed E-state index contributed by atoms with van der Waals surface area (Å²) in [7, 11) is 0. The molecule has 0 unspecified atom stereocenters. The van der Waals surface area contributed by atoms with Gasteiger partial charge in [-0.05, 0) is 30.6 Å². The van der Waals surface area contributed by atoms with Crippen LogP contribution in [-0.4, -0.2) is 5.88 Å². The van der Waals surface area contributed by atoms with Crippen LogP contribution in [0.15, 0.2) is 0 Å². The van der Waals surface area contributed by atoms with Gasteiger partial charge in [0.1, 0.15) is 0 Å². The van der Waals surface area contributed by atoms with Crippen LogP contribution in [0.3, 0.4) is 0 Å². The van der Waals surface area contributed by atoms with Crippen molar-refractivity contribution >= 4 is 11.6 Å². The molecule has 1 fully saturated rings. The lowest BCUT2D eigenvalue weighted by Crippen LogP contribution is -2.28. The highest BCUT2D eigenvalue weighted by Gasteiger charge is 2.32. The van der Waals surface area contributed by atoms with E-state index in [0.29, 0.717) is 5.41 Å². The van der Waals surface area contributed by atoms with Gasteiger partial charge >= 0.3 is 0 Å². The molecule has 0 atom stereocenters. The van der Waals surface area contributed by atoms with Gasteiger partial charge in [0.25, 0.3) is 0 Å². The Morgan fingerprint density at radius 1 is 1.07 bits per heavy atom. The molecule has 1 heteroatoms. The predicted molar refractivity (Wildman–Crippen MR) is 64.9 cm³/mol. The smallest absolute Gasteiger partial charge is 0.0280 e. The second-order valence-electron chi connectivity index (χ2n) is 5.08. The monoisotopic (exact) mass is 216 g/mol. The fourth-order valence-corrected chi connectivity index (χ4v) is 3.26. The molecule has 0 radical (unpaired) electrons. The molecular weight excluding hydrogens is 192 g/mol. The molecule has 0 heterocycles. The van der Waals surface area contributed by atoms with Gasteiger partial charge in [0.2, 0.25) is 0 Å². The molecule has 84 valence electrons. The van der Waals surface area contributed by atoms with E-state index in [1.807, 2.05) is 0 Å². The molecule has 0 nitrogen and oxygen atoms in total. The zero-order valence-corrected chi connectivity index (χ0v) is 10.6. The lowest BCUT2D eigenvalue weighted by molar-refractivity contribution is 0.164. The number of hydrogen-bond acceptors (Lipinski definition) is 0. The first kappa shape index (κ1) is 12.4. The van der Waals surface area contributed by atoms with Gasteiger partial charge in [0, 0.05) is 5.88 Å². The maximum Gasteiger partial charge on any atom is 0.0280 e. The van der Waals surface area contributed by atoms with Gasteiger partial charge in [0.05, 0.1) is 0 Å². The van der Waals surface area contributed by atoms with Gasteiger partial charge in [0.15, 0.2) is 0 Å². The second-order valence-corrected chi connectivity index (χ2v) is 5.35. The summed E-state index contributed by atoms with van der Waals surface area (Å²) in [5, 5.41) is 0. The summed E-state index contributed by atoms with van der Waals surface area (Å²) in [4.78, 5) is 0. The highest BCUT2D eigenvalue weighted by atomic mass is 35.5. The number of halogens is 1. The predicted octanol–water partition coefficient (Wildman–Crippen LogP) is 5.00.